The number of benzene rings is 1. The molecule has 1 aliphatic heterocycles. The van der Waals surface area contributed by atoms with Crippen molar-refractivity contribution in [2.75, 3.05) is 18.1 Å². The van der Waals surface area contributed by atoms with Gasteiger partial charge in [0.1, 0.15) is 6.04 Å². The highest BCUT2D eigenvalue weighted by atomic mass is 16.5. The predicted octanol–water partition coefficient (Wildman–Crippen LogP) is 0.892. The van der Waals surface area contributed by atoms with Gasteiger partial charge in [0.15, 0.2) is 0 Å². The van der Waals surface area contributed by atoms with E-state index < -0.39 is 24.1 Å². The summed E-state index contributed by atoms with van der Waals surface area (Å²) >= 11 is 0. The number of nitrogens with one attached hydrogen (secondary N) is 2. The number of rotatable bonds is 8. The molecule has 1 heterocycles. The van der Waals surface area contributed by atoms with Gasteiger partial charge in [0.05, 0.1) is 25.3 Å². The van der Waals surface area contributed by atoms with E-state index in [2.05, 4.69) is 22.3 Å². The zero-order valence-electron chi connectivity index (χ0n) is 15.8. The first-order valence-corrected chi connectivity index (χ1v) is 8.98. The van der Waals surface area contributed by atoms with Crippen LogP contribution in [0.5, 0.6) is 0 Å². The van der Waals surface area contributed by atoms with Crippen LogP contribution in [0.2, 0.25) is 0 Å². The third-order valence-corrected chi connectivity index (χ3v) is 4.23. The number of nitrogens with two attached hydrogens (primary N) is 1. The molecule has 1 aromatic rings. The normalized spacial score (nSPS) is 17.4. The molecule has 28 heavy (non-hydrogen) atoms. The summed E-state index contributed by atoms with van der Waals surface area (Å²) in [6.07, 6.45) is 3.42. The van der Waals surface area contributed by atoms with Crippen molar-refractivity contribution in [2.24, 2.45) is 10.9 Å². The Balaban J connectivity index is 1.90. The molecule has 1 aromatic carbocycles. The van der Waals surface area contributed by atoms with Crippen LogP contribution in [0.15, 0.2) is 42.0 Å². The molecule has 1 fully saturated rings. The molecule has 1 aliphatic rings. The summed E-state index contributed by atoms with van der Waals surface area (Å²) in [5, 5.41) is 8.72. The van der Waals surface area contributed by atoms with Crippen molar-refractivity contribution < 1.29 is 19.1 Å². The molecule has 0 bridgehead atoms. The van der Waals surface area contributed by atoms with Gasteiger partial charge in [-0.3, -0.25) is 9.59 Å². The molecule has 2 atom stereocenters. The third-order valence-electron chi connectivity index (χ3n) is 4.23. The van der Waals surface area contributed by atoms with Gasteiger partial charge >= 0.3 is 12.0 Å². The molecular weight excluding hydrogens is 362 g/mol. The Morgan fingerprint density at radius 1 is 1.43 bits per heavy atom. The standard InChI is InChI=1S/C19H25N5O4/c1-3-14(11-17(25)28-4-2)22-19(27)23-16-9-10-24(18(16)26)15-7-5-13(6-8-15)12-21-20/h3,5-8,12,14,16H,1,4,9-11,20H2,2H3,(H2,22,23,27)/t14-,16?/m1/s1. The molecule has 150 valence electrons. The number of carbonyl (C=O) groups excluding carboxylic acids is 3. The van der Waals surface area contributed by atoms with Crippen molar-refractivity contribution in [1.82, 2.24) is 10.6 Å². The van der Waals surface area contributed by atoms with E-state index in [1.807, 2.05) is 0 Å². The van der Waals surface area contributed by atoms with Crippen LogP contribution < -0.4 is 21.4 Å². The Hall–Kier alpha value is -3.36. The van der Waals surface area contributed by atoms with Crippen LogP contribution in [0.25, 0.3) is 0 Å². The number of nitrogens with zero attached hydrogens (tertiary/aromatic N) is 2. The van der Waals surface area contributed by atoms with Gasteiger partial charge in [-0.25, -0.2) is 4.79 Å². The van der Waals surface area contributed by atoms with Crippen molar-refractivity contribution in [3.63, 3.8) is 0 Å². The molecule has 1 saturated heterocycles. The zero-order chi connectivity index (χ0) is 20.5. The quantitative estimate of drug-likeness (QED) is 0.201. The van der Waals surface area contributed by atoms with Crippen LogP contribution in [0.4, 0.5) is 10.5 Å². The maximum atomic E-state index is 12.6. The van der Waals surface area contributed by atoms with Gasteiger partial charge in [-0.2, -0.15) is 5.10 Å². The molecule has 3 amide bonds. The van der Waals surface area contributed by atoms with E-state index in [4.69, 9.17) is 10.6 Å². The first kappa shape index (κ1) is 20.9. The van der Waals surface area contributed by atoms with E-state index in [-0.39, 0.29) is 18.9 Å². The molecule has 0 aliphatic carbocycles. The Bertz CT molecular complexity index is 747. The third kappa shape index (κ3) is 5.57. The van der Waals surface area contributed by atoms with Crippen molar-refractivity contribution in [3.8, 4) is 0 Å². The lowest BCUT2D eigenvalue weighted by Crippen LogP contribution is -2.49. The van der Waals surface area contributed by atoms with Crippen LogP contribution in [-0.4, -0.2) is 49.4 Å². The summed E-state index contributed by atoms with van der Waals surface area (Å²) in [5.41, 5.74) is 1.55. The lowest BCUT2D eigenvalue weighted by atomic mass is 10.2. The van der Waals surface area contributed by atoms with Gasteiger partial charge in [0.2, 0.25) is 5.91 Å². The molecule has 1 unspecified atom stereocenters. The van der Waals surface area contributed by atoms with Crippen LogP contribution in [0.3, 0.4) is 0 Å². The van der Waals surface area contributed by atoms with Crippen molar-refractivity contribution in [1.29, 1.82) is 0 Å². The van der Waals surface area contributed by atoms with Crippen LogP contribution in [0.1, 0.15) is 25.3 Å². The minimum absolute atomic E-state index is 0.0199. The van der Waals surface area contributed by atoms with Crippen molar-refractivity contribution in [3.05, 3.63) is 42.5 Å². The van der Waals surface area contributed by atoms with Gasteiger partial charge < -0.3 is 26.1 Å². The van der Waals surface area contributed by atoms with Crippen LogP contribution in [-0.2, 0) is 14.3 Å². The largest absolute Gasteiger partial charge is 0.466 e. The number of urea groups is 1. The summed E-state index contributed by atoms with van der Waals surface area (Å²) < 4.78 is 4.86. The zero-order valence-corrected chi connectivity index (χ0v) is 15.8. The topological polar surface area (TPSA) is 126 Å². The molecule has 9 nitrogen and oxygen atoms in total. The fourth-order valence-electron chi connectivity index (χ4n) is 2.86. The number of anilines is 1. The maximum Gasteiger partial charge on any atom is 0.315 e. The Morgan fingerprint density at radius 3 is 2.75 bits per heavy atom. The summed E-state index contributed by atoms with van der Waals surface area (Å²) in [6, 6.07) is 5.44. The number of carbonyl (C=O) groups is 3. The van der Waals surface area contributed by atoms with E-state index in [0.29, 0.717) is 13.0 Å². The van der Waals surface area contributed by atoms with E-state index in [0.717, 1.165) is 11.3 Å². The fraction of sp³-hybridized carbons (Fsp3) is 0.368. The Kier molecular flexibility index (Phi) is 7.55. The van der Waals surface area contributed by atoms with Gasteiger partial charge in [-0.05, 0) is 31.0 Å². The van der Waals surface area contributed by atoms with E-state index in [9.17, 15) is 14.4 Å². The molecule has 0 radical (unpaired) electrons. The second-order valence-corrected chi connectivity index (χ2v) is 6.17. The minimum Gasteiger partial charge on any atom is -0.466 e. The van der Waals surface area contributed by atoms with Gasteiger partial charge in [-0.1, -0.05) is 18.2 Å². The predicted molar refractivity (Wildman–Crippen MR) is 106 cm³/mol. The monoisotopic (exact) mass is 387 g/mol. The second-order valence-electron chi connectivity index (χ2n) is 6.17. The maximum absolute atomic E-state index is 12.6. The molecule has 9 heteroatoms. The summed E-state index contributed by atoms with van der Waals surface area (Å²) in [7, 11) is 0. The fourth-order valence-corrected chi connectivity index (χ4v) is 2.86. The molecule has 4 N–H and O–H groups in total. The van der Waals surface area contributed by atoms with Crippen LogP contribution in [0, 0.1) is 0 Å². The highest BCUT2D eigenvalue weighted by molar-refractivity contribution is 6.01. The van der Waals surface area contributed by atoms with Gasteiger partial charge in [0, 0.05) is 12.2 Å². The summed E-state index contributed by atoms with van der Waals surface area (Å²) in [6.45, 7) is 6.06. The molecule has 0 spiro atoms. The lowest BCUT2D eigenvalue weighted by Gasteiger charge is -2.19. The average molecular weight is 387 g/mol. The molecule has 2 rings (SSSR count). The molecular formula is C19H25N5O4. The number of hydrogen-bond donors (Lipinski definition) is 3. The van der Waals surface area contributed by atoms with Crippen molar-refractivity contribution in [2.45, 2.75) is 31.8 Å². The average Bonchev–Trinajstić information content (AvgIpc) is 3.02. The summed E-state index contributed by atoms with van der Waals surface area (Å²) in [4.78, 5) is 38.0. The van der Waals surface area contributed by atoms with E-state index >= 15 is 0 Å². The number of hydrogen-bond acceptors (Lipinski definition) is 6. The first-order chi connectivity index (χ1) is 13.5. The number of hydrazone groups is 1. The number of amides is 3. The van der Waals surface area contributed by atoms with Crippen molar-refractivity contribution >= 4 is 29.8 Å². The lowest BCUT2D eigenvalue weighted by molar-refractivity contribution is -0.143. The Labute approximate surface area is 163 Å². The number of esters is 1. The highest BCUT2D eigenvalue weighted by Crippen LogP contribution is 2.21. The van der Waals surface area contributed by atoms with Crippen LogP contribution >= 0.6 is 0 Å². The number of ether oxygens (including phenoxy) is 1. The first-order valence-electron chi connectivity index (χ1n) is 8.98. The van der Waals surface area contributed by atoms with E-state index in [1.54, 1.807) is 36.1 Å². The summed E-state index contributed by atoms with van der Waals surface area (Å²) in [5.74, 6) is 4.49. The second kappa shape index (κ2) is 10.1. The Morgan fingerprint density at radius 2 is 2.14 bits per heavy atom. The molecule has 0 saturated carbocycles. The highest BCUT2D eigenvalue weighted by Gasteiger charge is 2.33. The SMILES string of the molecule is C=C[C@H](CC(=O)OCC)NC(=O)NC1CCN(c2ccc(C=NN)cc2)C1=O. The van der Waals surface area contributed by atoms with Gasteiger partial charge in [-0.15, -0.1) is 6.58 Å². The molecule has 0 aromatic heterocycles. The van der Waals surface area contributed by atoms with E-state index in [1.165, 1.54) is 12.3 Å². The minimum atomic E-state index is -0.640. The smallest absolute Gasteiger partial charge is 0.315 e. The van der Waals surface area contributed by atoms with Gasteiger partial charge in [0.25, 0.3) is 0 Å².